The number of carbonyl (C=O) groups is 1. The molecule has 0 radical (unpaired) electrons. The van der Waals surface area contributed by atoms with Gasteiger partial charge in [0.05, 0.1) is 5.56 Å². The number of pyridine rings is 1. The monoisotopic (exact) mass is 232 g/mol. The lowest BCUT2D eigenvalue weighted by atomic mass is 10.0. The summed E-state index contributed by atoms with van der Waals surface area (Å²) in [6.07, 6.45) is 1.56. The fraction of sp³-hybridized carbons (Fsp3) is 0.500. The molecule has 3 heterocycles. The van der Waals surface area contributed by atoms with E-state index >= 15 is 0 Å². The fourth-order valence-corrected chi connectivity index (χ4v) is 2.76. The second-order valence-corrected chi connectivity index (χ2v) is 4.85. The smallest absolute Gasteiger partial charge is 0.250 e. The van der Waals surface area contributed by atoms with Crippen molar-refractivity contribution in [2.45, 2.75) is 0 Å². The van der Waals surface area contributed by atoms with Crippen molar-refractivity contribution in [3.05, 3.63) is 23.9 Å². The first-order valence-electron chi connectivity index (χ1n) is 5.95. The molecule has 1 aromatic rings. The summed E-state index contributed by atoms with van der Waals surface area (Å²) in [6.45, 7) is 4.34. The van der Waals surface area contributed by atoms with Crippen molar-refractivity contribution in [2.75, 3.05) is 31.1 Å². The molecule has 0 aromatic carbocycles. The number of rotatable bonds is 2. The molecule has 0 bridgehead atoms. The van der Waals surface area contributed by atoms with E-state index in [9.17, 15) is 4.79 Å². The molecule has 2 aliphatic rings. The molecule has 0 unspecified atom stereocenters. The Hall–Kier alpha value is -1.62. The third-order valence-corrected chi connectivity index (χ3v) is 3.75. The summed E-state index contributed by atoms with van der Waals surface area (Å²) in [6, 6.07) is 3.63. The van der Waals surface area contributed by atoms with Crippen molar-refractivity contribution in [1.29, 1.82) is 0 Å². The Morgan fingerprint density at radius 2 is 2.06 bits per heavy atom. The number of nitrogens with two attached hydrogens (primary N) is 1. The van der Waals surface area contributed by atoms with Crippen LogP contribution >= 0.6 is 0 Å². The van der Waals surface area contributed by atoms with Gasteiger partial charge in [-0.2, -0.15) is 0 Å². The molecule has 90 valence electrons. The standard InChI is InChI=1S/C12H16N4O/c13-12(17)8-1-2-11(15-5-8)16-6-9-3-14-4-10(9)7-16/h1-2,5,9-10,14H,3-4,6-7H2,(H2,13,17)/t9-,10+. The third-order valence-electron chi connectivity index (χ3n) is 3.75. The zero-order valence-corrected chi connectivity index (χ0v) is 9.60. The van der Waals surface area contributed by atoms with E-state index in [1.807, 2.05) is 6.07 Å². The Morgan fingerprint density at radius 3 is 2.59 bits per heavy atom. The van der Waals surface area contributed by atoms with Crippen LogP contribution in [-0.2, 0) is 0 Å². The van der Waals surface area contributed by atoms with Crippen molar-refractivity contribution in [1.82, 2.24) is 10.3 Å². The van der Waals surface area contributed by atoms with Crippen LogP contribution < -0.4 is 16.0 Å². The van der Waals surface area contributed by atoms with Gasteiger partial charge in [-0.1, -0.05) is 0 Å². The van der Waals surface area contributed by atoms with Crippen molar-refractivity contribution in [2.24, 2.45) is 17.6 Å². The summed E-state index contributed by atoms with van der Waals surface area (Å²) in [5, 5.41) is 3.41. The number of amides is 1. The maximum atomic E-state index is 11.0. The van der Waals surface area contributed by atoms with Crippen molar-refractivity contribution in [3.63, 3.8) is 0 Å². The first-order valence-corrected chi connectivity index (χ1v) is 5.95. The fourth-order valence-electron chi connectivity index (χ4n) is 2.76. The summed E-state index contributed by atoms with van der Waals surface area (Å²) in [5.74, 6) is 2.01. The normalized spacial score (nSPS) is 27.2. The Bertz CT molecular complexity index is 419. The van der Waals surface area contributed by atoms with Gasteiger partial charge in [0.1, 0.15) is 5.82 Å². The molecule has 1 amide bonds. The number of fused-ring (bicyclic) bond motifs is 1. The zero-order valence-electron chi connectivity index (χ0n) is 9.60. The van der Waals surface area contributed by atoms with Crippen molar-refractivity contribution < 1.29 is 4.79 Å². The molecule has 0 aliphatic carbocycles. The third kappa shape index (κ3) is 1.86. The lowest BCUT2D eigenvalue weighted by Crippen LogP contribution is -2.26. The highest BCUT2D eigenvalue weighted by Gasteiger charge is 2.36. The van der Waals surface area contributed by atoms with Gasteiger partial charge >= 0.3 is 0 Å². The molecule has 3 N–H and O–H groups in total. The molecule has 5 nitrogen and oxygen atoms in total. The minimum atomic E-state index is -0.424. The van der Waals surface area contributed by atoms with Crippen LogP contribution in [0, 0.1) is 11.8 Å². The van der Waals surface area contributed by atoms with E-state index in [0.717, 1.165) is 43.8 Å². The van der Waals surface area contributed by atoms with Crippen molar-refractivity contribution >= 4 is 11.7 Å². The van der Waals surface area contributed by atoms with Gasteiger partial charge in [0.15, 0.2) is 0 Å². The van der Waals surface area contributed by atoms with Crippen LogP contribution in [0.5, 0.6) is 0 Å². The molecule has 17 heavy (non-hydrogen) atoms. The highest BCUT2D eigenvalue weighted by Crippen LogP contribution is 2.29. The van der Waals surface area contributed by atoms with Crippen LogP contribution in [0.15, 0.2) is 18.3 Å². The maximum absolute atomic E-state index is 11.0. The lowest BCUT2D eigenvalue weighted by molar-refractivity contribution is 0.1000. The average molecular weight is 232 g/mol. The molecule has 2 fully saturated rings. The molecule has 0 spiro atoms. The molecule has 2 aliphatic heterocycles. The van der Waals surface area contributed by atoms with E-state index in [1.54, 1.807) is 12.3 Å². The second kappa shape index (κ2) is 4.00. The van der Waals surface area contributed by atoms with Crippen molar-refractivity contribution in [3.8, 4) is 0 Å². The van der Waals surface area contributed by atoms with E-state index in [1.165, 1.54) is 0 Å². The molecular weight excluding hydrogens is 216 g/mol. The molecular formula is C12H16N4O. The Morgan fingerprint density at radius 1 is 1.35 bits per heavy atom. The number of carbonyl (C=O) groups excluding carboxylic acids is 1. The van der Waals surface area contributed by atoms with Gasteiger partial charge in [-0.15, -0.1) is 0 Å². The molecule has 2 saturated heterocycles. The van der Waals surface area contributed by atoms with Crippen LogP contribution in [0.25, 0.3) is 0 Å². The summed E-state index contributed by atoms with van der Waals surface area (Å²) in [7, 11) is 0. The summed E-state index contributed by atoms with van der Waals surface area (Å²) < 4.78 is 0. The van der Waals surface area contributed by atoms with E-state index < -0.39 is 5.91 Å². The molecule has 3 rings (SSSR count). The van der Waals surface area contributed by atoms with E-state index in [0.29, 0.717) is 5.56 Å². The van der Waals surface area contributed by atoms with Crippen LogP contribution in [0.1, 0.15) is 10.4 Å². The minimum absolute atomic E-state index is 0.424. The van der Waals surface area contributed by atoms with Crippen LogP contribution in [0.2, 0.25) is 0 Å². The van der Waals surface area contributed by atoms with Gasteiger partial charge in [0.2, 0.25) is 5.91 Å². The van der Waals surface area contributed by atoms with Gasteiger partial charge in [0, 0.05) is 32.4 Å². The van der Waals surface area contributed by atoms with E-state index in [2.05, 4.69) is 15.2 Å². The number of nitrogens with one attached hydrogen (secondary N) is 1. The Kier molecular flexibility index (Phi) is 2.48. The summed E-state index contributed by atoms with van der Waals surface area (Å²) >= 11 is 0. The van der Waals surface area contributed by atoms with E-state index in [-0.39, 0.29) is 0 Å². The van der Waals surface area contributed by atoms with Gasteiger partial charge in [-0.3, -0.25) is 4.79 Å². The number of aromatic nitrogens is 1. The first kappa shape index (κ1) is 10.5. The lowest BCUT2D eigenvalue weighted by Gasteiger charge is -2.18. The topological polar surface area (TPSA) is 71.2 Å². The predicted octanol–water partition coefficient (Wildman–Crippen LogP) is -0.164. The predicted molar refractivity (Wildman–Crippen MR) is 64.8 cm³/mol. The Balaban J connectivity index is 1.75. The Labute approximate surface area is 100 Å². The quantitative estimate of drug-likeness (QED) is 0.743. The minimum Gasteiger partial charge on any atom is -0.366 e. The molecule has 0 saturated carbocycles. The van der Waals surface area contributed by atoms with Gasteiger partial charge in [0.25, 0.3) is 0 Å². The number of hydrogen-bond donors (Lipinski definition) is 2. The second-order valence-electron chi connectivity index (χ2n) is 4.85. The van der Waals surface area contributed by atoms with Crippen LogP contribution in [-0.4, -0.2) is 37.1 Å². The molecule has 1 aromatic heterocycles. The first-order chi connectivity index (χ1) is 8.24. The van der Waals surface area contributed by atoms with E-state index in [4.69, 9.17) is 5.73 Å². The SMILES string of the molecule is NC(=O)c1ccc(N2C[C@H]3CNC[C@H]3C2)nc1. The largest absolute Gasteiger partial charge is 0.366 e. The molecule has 5 heteroatoms. The average Bonchev–Trinajstić information content (AvgIpc) is 2.89. The number of primary amides is 1. The van der Waals surface area contributed by atoms with Gasteiger partial charge < -0.3 is 16.0 Å². The number of hydrogen-bond acceptors (Lipinski definition) is 4. The highest BCUT2D eigenvalue weighted by molar-refractivity contribution is 5.92. The summed E-state index contributed by atoms with van der Waals surface area (Å²) in [4.78, 5) is 17.6. The zero-order chi connectivity index (χ0) is 11.8. The van der Waals surface area contributed by atoms with Gasteiger partial charge in [-0.05, 0) is 24.0 Å². The molecule has 2 atom stereocenters. The summed E-state index contributed by atoms with van der Waals surface area (Å²) in [5.41, 5.74) is 5.66. The highest BCUT2D eigenvalue weighted by atomic mass is 16.1. The maximum Gasteiger partial charge on any atom is 0.250 e. The van der Waals surface area contributed by atoms with Crippen LogP contribution in [0.3, 0.4) is 0 Å². The number of nitrogens with zero attached hydrogens (tertiary/aromatic N) is 2. The van der Waals surface area contributed by atoms with Crippen LogP contribution in [0.4, 0.5) is 5.82 Å². The van der Waals surface area contributed by atoms with Gasteiger partial charge in [-0.25, -0.2) is 4.98 Å². The number of anilines is 1.